The maximum Gasteiger partial charge on any atom is 0.0159 e. The Hall–Kier alpha value is -10.9. The molecule has 0 heterocycles. The first kappa shape index (κ1) is 56.6. The van der Waals surface area contributed by atoms with Gasteiger partial charge >= 0.3 is 0 Å². The van der Waals surface area contributed by atoms with Gasteiger partial charge in [0, 0.05) is 16.2 Å². The highest BCUT2D eigenvalue weighted by molar-refractivity contribution is 6.30. The highest BCUT2D eigenvalue weighted by Crippen LogP contribution is 2.57. The summed E-state index contributed by atoms with van der Waals surface area (Å²) in [6, 6.07) is 110. The lowest BCUT2D eigenvalue weighted by atomic mass is 9.78. The minimum absolute atomic E-state index is 0.107. The molecule has 0 amide bonds. The van der Waals surface area contributed by atoms with Crippen LogP contribution in [0.5, 0.6) is 0 Å². The van der Waals surface area contributed by atoms with Crippen LogP contribution in [-0.4, -0.2) is 0 Å². The molecule has 96 heavy (non-hydrogen) atoms. The SMILES string of the molecule is CCCc1ccc(-c2c3ccccc3c(-c3ccc4c(c3)C(C)(C)c3cc(-c5ccc6c(c5)C(C)(C)c5cc(-c7c8ccccc8c(-c8c9ccccc9c(-c9ccc%10c(c9)C(C)(C)c9ccccc9-%10)c9ccccc89)c8ccccc78)ccc5-6)ccc3-4)c3ccccc23)cc1. The van der Waals surface area contributed by atoms with E-state index in [-0.39, 0.29) is 16.2 Å². The molecule has 0 nitrogen and oxygen atoms in total. The van der Waals surface area contributed by atoms with E-state index in [9.17, 15) is 0 Å². The smallest absolute Gasteiger partial charge is 0.0159 e. The maximum absolute atomic E-state index is 2.54. The molecule has 0 radical (unpaired) electrons. The third-order valence-electron chi connectivity index (χ3n) is 23.0. The van der Waals surface area contributed by atoms with Crippen LogP contribution in [-0.2, 0) is 22.7 Å². The molecule has 3 aliphatic rings. The molecule has 0 aromatic heterocycles. The molecule has 0 unspecified atom stereocenters. The summed E-state index contributed by atoms with van der Waals surface area (Å²) in [6.45, 7) is 16.8. The van der Waals surface area contributed by atoms with Crippen LogP contribution >= 0.6 is 0 Å². The zero-order valence-corrected chi connectivity index (χ0v) is 55.5. The zero-order valence-electron chi connectivity index (χ0n) is 55.5. The van der Waals surface area contributed by atoms with E-state index in [0.29, 0.717) is 0 Å². The summed E-state index contributed by atoms with van der Waals surface area (Å²) in [6.07, 6.45) is 2.24. The molecule has 0 heteroatoms. The minimum atomic E-state index is -0.255. The van der Waals surface area contributed by atoms with E-state index in [0.717, 1.165) is 12.8 Å². The van der Waals surface area contributed by atoms with Gasteiger partial charge in [-0.15, -0.1) is 0 Å². The van der Waals surface area contributed by atoms with Gasteiger partial charge in [0.25, 0.3) is 0 Å². The Balaban J connectivity index is 0.687. The average molecular weight is 1230 g/mol. The molecule has 16 aromatic carbocycles. The Bertz CT molecular complexity index is 5870. The Morgan fingerprint density at radius 1 is 0.198 bits per heavy atom. The molecule has 456 valence electrons. The summed E-state index contributed by atoms with van der Waals surface area (Å²) in [4.78, 5) is 0. The van der Waals surface area contributed by atoms with Crippen molar-refractivity contribution < 1.29 is 0 Å². The van der Waals surface area contributed by atoms with E-state index < -0.39 is 0 Å². The lowest BCUT2D eigenvalue weighted by Gasteiger charge is -2.25. The fourth-order valence-corrected chi connectivity index (χ4v) is 18.3. The number of fused-ring (bicyclic) bond motifs is 15. The van der Waals surface area contributed by atoms with Crippen LogP contribution in [0.15, 0.2) is 285 Å². The monoisotopic (exact) mass is 1220 g/mol. The van der Waals surface area contributed by atoms with Crippen molar-refractivity contribution in [1.82, 2.24) is 0 Å². The van der Waals surface area contributed by atoms with E-state index in [1.807, 2.05) is 0 Å². The molecule has 0 aliphatic heterocycles. The van der Waals surface area contributed by atoms with Crippen molar-refractivity contribution in [2.75, 3.05) is 0 Å². The van der Waals surface area contributed by atoms with E-state index in [4.69, 9.17) is 0 Å². The van der Waals surface area contributed by atoms with Gasteiger partial charge in [0.2, 0.25) is 0 Å². The maximum atomic E-state index is 2.54. The summed E-state index contributed by atoms with van der Waals surface area (Å²) in [5.74, 6) is 0. The molecular weight excluding hydrogens is 1150 g/mol. The lowest BCUT2D eigenvalue weighted by Crippen LogP contribution is -2.15. The van der Waals surface area contributed by atoms with Gasteiger partial charge in [0.05, 0.1) is 0 Å². The summed E-state index contributed by atoms with van der Waals surface area (Å²) in [5, 5.41) is 15.3. The van der Waals surface area contributed by atoms with Gasteiger partial charge in [-0.2, -0.15) is 0 Å². The number of hydrogen-bond acceptors (Lipinski definition) is 0. The second-order valence-electron chi connectivity index (χ2n) is 29.2. The lowest BCUT2D eigenvalue weighted by molar-refractivity contribution is 0.660. The van der Waals surface area contributed by atoms with Crippen molar-refractivity contribution in [3.63, 3.8) is 0 Å². The van der Waals surface area contributed by atoms with Crippen molar-refractivity contribution in [1.29, 1.82) is 0 Å². The van der Waals surface area contributed by atoms with Crippen molar-refractivity contribution in [3.8, 4) is 100 Å². The third kappa shape index (κ3) is 8.03. The van der Waals surface area contributed by atoms with Crippen LogP contribution in [0.2, 0.25) is 0 Å². The highest BCUT2D eigenvalue weighted by Gasteiger charge is 2.40. The summed E-state index contributed by atoms with van der Waals surface area (Å²) in [5.41, 5.74) is 32.4. The second-order valence-corrected chi connectivity index (χ2v) is 29.2. The number of aryl methyl sites for hydroxylation is 1. The predicted molar refractivity (Wildman–Crippen MR) is 411 cm³/mol. The quantitative estimate of drug-likeness (QED) is 0.133. The molecule has 3 aliphatic carbocycles. The second kappa shape index (κ2) is 20.8. The molecular formula is C96H72. The van der Waals surface area contributed by atoms with Crippen molar-refractivity contribution >= 4 is 64.6 Å². The van der Waals surface area contributed by atoms with E-state index >= 15 is 0 Å². The molecule has 0 saturated carbocycles. The average Bonchev–Trinajstić information content (AvgIpc) is 0.887. The van der Waals surface area contributed by atoms with Gasteiger partial charge in [-0.05, 0) is 240 Å². The Morgan fingerprint density at radius 3 is 0.719 bits per heavy atom. The Labute approximate surface area is 562 Å². The van der Waals surface area contributed by atoms with Crippen molar-refractivity contribution in [3.05, 3.63) is 324 Å². The summed E-state index contributed by atoms with van der Waals surface area (Å²) >= 11 is 0. The van der Waals surface area contributed by atoms with Crippen LogP contribution in [0.25, 0.3) is 165 Å². The molecule has 0 fully saturated rings. The van der Waals surface area contributed by atoms with Crippen molar-refractivity contribution in [2.45, 2.75) is 77.6 Å². The largest absolute Gasteiger partial charge is 0.0651 e. The summed E-state index contributed by atoms with van der Waals surface area (Å²) in [7, 11) is 0. The molecule has 19 rings (SSSR count). The van der Waals surface area contributed by atoms with Gasteiger partial charge in [0.1, 0.15) is 0 Å². The van der Waals surface area contributed by atoms with E-state index in [2.05, 4.69) is 334 Å². The standard InChI is InChI=1S/C96H72/c1-8-23-57-38-40-58(41-39-57)88-70-25-9-11-27-72(70)89(73-28-12-10-26-71(73)88)62-45-50-68-66-47-42-59(52-83(66)95(4,5)86(68)55-62)60-43-48-67-69-51-46-63(56-87(69)96(6,7)84(67)53-60)91-76-31-15-19-35-80(76)93(81-36-20-16-32-77(81)91)92-78-33-17-13-29-74(78)90(75-30-14-18-34-79(75)92)61-44-49-65-64-24-21-22-37-82(64)94(2,3)85(65)54-61/h9-22,24-56H,8,23H2,1-7H3. The minimum Gasteiger partial charge on any atom is -0.0651 e. The van der Waals surface area contributed by atoms with Gasteiger partial charge < -0.3 is 0 Å². The Kier molecular flexibility index (Phi) is 12.3. The zero-order chi connectivity index (χ0) is 64.5. The van der Waals surface area contributed by atoms with E-state index in [1.165, 1.54) is 204 Å². The van der Waals surface area contributed by atoms with Gasteiger partial charge in [-0.1, -0.05) is 310 Å². The first-order valence-corrected chi connectivity index (χ1v) is 34.6. The first-order valence-electron chi connectivity index (χ1n) is 34.6. The van der Waals surface area contributed by atoms with E-state index in [1.54, 1.807) is 0 Å². The number of rotatable bonds is 8. The fourth-order valence-electron chi connectivity index (χ4n) is 18.3. The molecule has 0 N–H and O–H groups in total. The first-order chi connectivity index (χ1) is 46.9. The van der Waals surface area contributed by atoms with Gasteiger partial charge in [-0.25, -0.2) is 0 Å². The molecule has 0 bridgehead atoms. The fraction of sp³-hybridized carbons (Fsp3) is 0.125. The normalized spacial score (nSPS) is 14.3. The molecule has 16 aromatic rings. The van der Waals surface area contributed by atoms with Crippen LogP contribution in [0.3, 0.4) is 0 Å². The van der Waals surface area contributed by atoms with Crippen LogP contribution in [0.1, 0.15) is 93.8 Å². The number of benzene rings is 16. The highest BCUT2D eigenvalue weighted by atomic mass is 14.4. The van der Waals surface area contributed by atoms with Crippen LogP contribution in [0, 0.1) is 0 Å². The van der Waals surface area contributed by atoms with Gasteiger partial charge in [0.15, 0.2) is 0 Å². The van der Waals surface area contributed by atoms with Crippen LogP contribution in [0.4, 0.5) is 0 Å². The predicted octanol–water partition coefficient (Wildman–Crippen LogP) is 26.5. The topological polar surface area (TPSA) is 0 Å². The molecule has 0 atom stereocenters. The third-order valence-corrected chi connectivity index (χ3v) is 23.0. The summed E-state index contributed by atoms with van der Waals surface area (Å²) < 4.78 is 0. The molecule has 0 spiro atoms. The van der Waals surface area contributed by atoms with Crippen LogP contribution < -0.4 is 0 Å². The van der Waals surface area contributed by atoms with Crippen molar-refractivity contribution in [2.24, 2.45) is 0 Å². The van der Waals surface area contributed by atoms with Gasteiger partial charge in [-0.3, -0.25) is 0 Å². The Morgan fingerprint density at radius 2 is 0.417 bits per heavy atom. The molecule has 0 saturated heterocycles. The number of hydrogen-bond donors (Lipinski definition) is 0.